The number of rotatable bonds is 4. The Morgan fingerprint density at radius 3 is 3.30 bits per heavy atom. The monoisotopic (exact) mass is 293 g/mol. The molecule has 2 aromatic rings. The number of fused-ring (bicyclic) bond motifs is 1. The number of methoxy groups -OCH3 is 1. The van der Waals surface area contributed by atoms with Gasteiger partial charge in [0.1, 0.15) is 17.3 Å². The lowest BCUT2D eigenvalue weighted by molar-refractivity contribution is 0.0930. The number of carbonyl (C=O) groups is 1. The van der Waals surface area contributed by atoms with Crippen molar-refractivity contribution in [2.24, 2.45) is 0 Å². The number of ether oxygens (including phenoxy) is 1. The molecule has 1 aliphatic heterocycles. The van der Waals surface area contributed by atoms with Crippen molar-refractivity contribution in [3.8, 4) is 0 Å². The molecule has 1 unspecified atom stereocenters. The molecule has 1 aliphatic rings. The average Bonchev–Trinajstić information content (AvgIpc) is 3.07. The summed E-state index contributed by atoms with van der Waals surface area (Å²) in [5.41, 5.74) is 1.66. The van der Waals surface area contributed by atoms with Crippen LogP contribution in [0.4, 0.5) is 0 Å². The fourth-order valence-electron chi connectivity index (χ4n) is 2.25. The zero-order valence-corrected chi connectivity index (χ0v) is 11.9. The minimum Gasteiger partial charge on any atom is -0.377 e. The minimum atomic E-state index is -0.0711. The second-order valence-electron chi connectivity index (χ2n) is 4.63. The van der Waals surface area contributed by atoms with E-state index in [1.165, 1.54) is 11.3 Å². The molecule has 2 aromatic heterocycles. The van der Waals surface area contributed by atoms with Crippen molar-refractivity contribution in [1.29, 1.82) is 0 Å². The van der Waals surface area contributed by atoms with Crippen LogP contribution in [-0.2, 0) is 24.3 Å². The summed E-state index contributed by atoms with van der Waals surface area (Å²) in [6.07, 6.45) is 3.26. The van der Waals surface area contributed by atoms with Gasteiger partial charge in [0.05, 0.1) is 18.3 Å². The van der Waals surface area contributed by atoms with Gasteiger partial charge in [0.2, 0.25) is 0 Å². The molecule has 3 heterocycles. The van der Waals surface area contributed by atoms with Crippen molar-refractivity contribution in [1.82, 2.24) is 25.1 Å². The number of amides is 1. The van der Waals surface area contributed by atoms with E-state index in [2.05, 4.69) is 20.4 Å². The summed E-state index contributed by atoms with van der Waals surface area (Å²) in [7, 11) is 1.62. The maximum Gasteiger partial charge on any atom is 0.263 e. The lowest BCUT2D eigenvalue weighted by atomic mass is 10.1. The maximum absolute atomic E-state index is 12.0. The Hall–Kier alpha value is -1.80. The Morgan fingerprint density at radius 1 is 1.65 bits per heavy atom. The summed E-state index contributed by atoms with van der Waals surface area (Å²) in [6, 6.07) is 0.0780. The van der Waals surface area contributed by atoms with Crippen LogP contribution < -0.4 is 5.32 Å². The first-order chi connectivity index (χ1) is 9.76. The van der Waals surface area contributed by atoms with E-state index in [0.29, 0.717) is 23.9 Å². The van der Waals surface area contributed by atoms with Crippen molar-refractivity contribution in [2.45, 2.75) is 32.0 Å². The van der Waals surface area contributed by atoms with E-state index >= 15 is 0 Å². The van der Waals surface area contributed by atoms with E-state index in [-0.39, 0.29) is 11.9 Å². The van der Waals surface area contributed by atoms with Gasteiger partial charge in [-0.1, -0.05) is 0 Å². The molecule has 8 heteroatoms. The molecule has 7 nitrogen and oxygen atoms in total. The van der Waals surface area contributed by atoms with Crippen LogP contribution in [0.5, 0.6) is 0 Å². The van der Waals surface area contributed by atoms with Crippen LogP contribution in [0.25, 0.3) is 0 Å². The van der Waals surface area contributed by atoms with Crippen LogP contribution in [-0.4, -0.2) is 38.8 Å². The third-order valence-corrected chi connectivity index (χ3v) is 3.94. The highest BCUT2D eigenvalue weighted by Gasteiger charge is 2.23. The van der Waals surface area contributed by atoms with Gasteiger partial charge in [0, 0.05) is 19.6 Å². The van der Waals surface area contributed by atoms with Gasteiger partial charge >= 0.3 is 0 Å². The van der Waals surface area contributed by atoms with Gasteiger partial charge in [-0.2, -0.15) is 5.10 Å². The highest BCUT2D eigenvalue weighted by atomic mass is 32.1. The van der Waals surface area contributed by atoms with Gasteiger partial charge in [-0.3, -0.25) is 9.78 Å². The summed E-state index contributed by atoms with van der Waals surface area (Å²) in [6.45, 7) is 1.06. The molecular weight excluding hydrogens is 278 g/mol. The Bertz CT molecular complexity index is 595. The number of carbonyl (C=O) groups excluding carboxylic acids is 1. The molecule has 3 rings (SSSR count). The number of hydrogen-bond donors (Lipinski definition) is 1. The van der Waals surface area contributed by atoms with E-state index in [4.69, 9.17) is 4.74 Å². The van der Waals surface area contributed by atoms with E-state index in [0.717, 1.165) is 18.7 Å². The van der Waals surface area contributed by atoms with Gasteiger partial charge in [0.15, 0.2) is 5.82 Å². The number of thiazole rings is 1. The third kappa shape index (κ3) is 2.70. The summed E-state index contributed by atoms with van der Waals surface area (Å²) < 4.78 is 6.89. The molecule has 0 spiro atoms. The summed E-state index contributed by atoms with van der Waals surface area (Å²) in [5, 5.41) is 7.40. The zero-order valence-electron chi connectivity index (χ0n) is 11.1. The molecule has 1 amide bonds. The Kier molecular flexibility index (Phi) is 3.75. The van der Waals surface area contributed by atoms with Gasteiger partial charge in [-0.25, -0.2) is 9.67 Å². The van der Waals surface area contributed by atoms with Gasteiger partial charge in [0.25, 0.3) is 5.91 Å². The molecule has 20 heavy (non-hydrogen) atoms. The van der Waals surface area contributed by atoms with Crippen molar-refractivity contribution in [2.75, 3.05) is 7.11 Å². The van der Waals surface area contributed by atoms with E-state index in [9.17, 15) is 4.79 Å². The predicted octanol–water partition coefficient (Wildman–Crippen LogP) is 0.626. The molecule has 0 fully saturated rings. The van der Waals surface area contributed by atoms with Crippen molar-refractivity contribution < 1.29 is 9.53 Å². The molecule has 1 N–H and O–H groups in total. The fraction of sp³-hybridized carbons (Fsp3) is 0.500. The summed E-state index contributed by atoms with van der Waals surface area (Å²) >= 11 is 1.34. The normalized spacial score (nSPS) is 17.8. The van der Waals surface area contributed by atoms with E-state index in [1.807, 2.05) is 4.68 Å². The van der Waals surface area contributed by atoms with Crippen LogP contribution in [0.2, 0.25) is 0 Å². The minimum absolute atomic E-state index is 0.0711. The largest absolute Gasteiger partial charge is 0.377 e. The van der Waals surface area contributed by atoms with Crippen molar-refractivity contribution in [3.63, 3.8) is 0 Å². The Morgan fingerprint density at radius 2 is 2.55 bits per heavy atom. The smallest absolute Gasteiger partial charge is 0.263 e. The van der Waals surface area contributed by atoms with Crippen LogP contribution in [0.1, 0.15) is 27.7 Å². The zero-order chi connectivity index (χ0) is 13.9. The lowest BCUT2D eigenvalue weighted by Gasteiger charge is -2.23. The molecule has 0 bridgehead atoms. The SMILES string of the molecule is COCc1nc2n(n1)CC(NC(=O)c1cncs1)CC2. The van der Waals surface area contributed by atoms with Crippen molar-refractivity contribution in [3.05, 3.63) is 28.2 Å². The standard InChI is InChI=1S/C12H15N5O2S/c1-19-6-10-15-11-3-2-8(5-17(11)16-10)14-12(18)9-4-13-7-20-9/h4,7-8H,2-3,5-6H2,1H3,(H,14,18). The second kappa shape index (κ2) is 5.68. The van der Waals surface area contributed by atoms with Crippen LogP contribution in [0.3, 0.4) is 0 Å². The first-order valence-corrected chi connectivity index (χ1v) is 7.25. The molecule has 0 aliphatic carbocycles. The molecule has 1 atom stereocenters. The quantitative estimate of drug-likeness (QED) is 0.894. The number of aromatic nitrogens is 4. The summed E-state index contributed by atoms with van der Waals surface area (Å²) in [5.74, 6) is 1.58. The molecule has 0 saturated heterocycles. The fourth-order valence-corrected chi connectivity index (χ4v) is 2.78. The predicted molar refractivity (Wildman–Crippen MR) is 72.4 cm³/mol. The van der Waals surface area contributed by atoms with Gasteiger partial charge in [-0.15, -0.1) is 11.3 Å². The van der Waals surface area contributed by atoms with E-state index in [1.54, 1.807) is 18.8 Å². The summed E-state index contributed by atoms with van der Waals surface area (Å²) in [4.78, 5) is 20.9. The Balaban J connectivity index is 1.65. The second-order valence-corrected chi connectivity index (χ2v) is 5.52. The molecular formula is C12H15N5O2S. The van der Waals surface area contributed by atoms with Crippen molar-refractivity contribution >= 4 is 17.2 Å². The van der Waals surface area contributed by atoms with Crippen LogP contribution in [0.15, 0.2) is 11.7 Å². The molecule has 0 radical (unpaired) electrons. The Labute approximate surface area is 120 Å². The van der Waals surface area contributed by atoms with E-state index < -0.39 is 0 Å². The maximum atomic E-state index is 12.0. The topological polar surface area (TPSA) is 81.9 Å². The highest BCUT2D eigenvalue weighted by molar-refractivity contribution is 7.11. The highest BCUT2D eigenvalue weighted by Crippen LogP contribution is 2.14. The first-order valence-electron chi connectivity index (χ1n) is 6.37. The lowest BCUT2D eigenvalue weighted by Crippen LogP contribution is -2.41. The average molecular weight is 293 g/mol. The molecule has 106 valence electrons. The number of hydrogen-bond acceptors (Lipinski definition) is 6. The first kappa shape index (κ1) is 13.2. The third-order valence-electron chi connectivity index (χ3n) is 3.17. The number of nitrogens with one attached hydrogen (secondary N) is 1. The molecule has 0 aromatic carbocycles. The van der Waals surface area contributed by atoms with Gasteiger partial charge in [-0.05, 0) is 6.42 Å². The van der Waals surface area contributed by atoms with Crippen LogP contribution >= 0.6 is 11.3 Å². The van der Waals surface area contributed by atoms with Crippen LogP contribution in [0, 0.1) is 0 Å². The number of aryl methyl sites for hydroxylation is 1. The van der Waals surface area contributed by atoms with Gasteiger partial charge < -0.3 is 10.1 Å². The molecule has 0 saturated carbocycles. The number of nitrogens with zero attached hydrogens (tertiary/aromatic N) is 4.